The molecule has 0 radical (unpaired) electrons. The van der Waals surface area contributed by atoms with Gasteiger partial charge in [-0.2, -0.15) is 4.31 Å². The third-order valence-corrected chi connectivity index (χ3v) is 7.26. The Morgan fingerprint density at radius 1 is 1.07 bits per heavy atom. The van der Waals surface area contributed by atoms with Gasteiger partial charge in [0.25, 0.3) is 5.91 Å². The number of amides is 1. The Hall–Kier alpha value is -2.38. The van der Waals surface area contributed by atoms with Gasteiger partial charge in [0.05, 0.1) is 16.7 Å². The molecule has 7 heteroatoms. The van der Waals surface area contributed by atoms with E-state index in [-0.39, 0.29) is 16.9 Å². The summed E-state index contributed by atoms with van der Waals surface area (Å²) in [6, 6.07) is 10.2. The summed E-state index contributed by atoms with van der Waals surface area (Å²) in [6.45, 7) is 8.66. The van der Waals surface area contributed by atoms with Crippen LogP contribution in [0, 0.1) is 13.8 Å². The largest absolute Gasteiger partial charge is 0.489 e. The van der Waals surface area contributed by atoms with Gasteiger partial charge < -0.3 is 10.1 Å². The molecule has 1 N–H and O–H groups in total. The standard InChI is InChI=1S/C23H30N2O4S/c1-16(2)29-22-12-11-19(30(27,28)25-13-6-5-7-14-25)15-21(22)24-23(26)20-10-8-9-17(3)18(20)4/h8-12,15-16H,5-7,13-14H2,1-4H3,(H,24,26). The molecule has 2 aromatic carbocycles. The molecule has 6 nitrogen and oxygen atoms in total. The molecule has 0 atom stereocenters. The predicted molar refractivity (Wildman–Crippen MR) is 119 cm³/mol. The fourth-order valence-electron chi connectivity index (χ4n) is 3.56. The molecular weight excluding hydrogens is 400 g/mol. The quantitative estimate of drug-likeness (QED) is 0.731. The molecule has 0 saturated carbocycles. The highest BCUT2D eigenvalue weighted by Crippen LogP contribution is 2.31. The molecule has 2 aromatic rings. The molecular formula is C23H30N2O4S. The first-order chi connectivity index (χ1) is 14.2. The SMILES string of the molecule is Cc1cccc(C(=O)Nc2cc(S(=O)(=O)N3CCCCC3)ccc2OC(C)C)c1C. The van der Waals surface area contributed by atoms with Crippen molar-refractivity contribution < 1.29 is 17.9 Å². The van der Waals surface area contributed by atoms with E-state index in [9.17, 15) is 13.2 Å². The zero-order chi connectivity index (χ0) is 21.9. The number of rotatable bonds is 6. The molecule has 1 amide bonds. The van der Waals surface area contributed by atoms with Crippen molar-refractivity contribution in [3.8, 4) is 5.75 Å². The van der Waals surface area contributed by atoms with Gasteiger partial charge in [-0.15, -0.1) is 0 Å². The summed E-state index contributed by atoms with van der Waals surface area (Å²) >= 11 is 0. The van der Waals surface area contributed by atoms with Crippen molar-refractivity contribution >= 4 is 21.6 Å². The molecule has 0 spiro atoms. The van der Waals surface area contributed by atoms with Gasteiger partial charge in [-0.25, -0.2) is 8.42 Å². The van der Waals surface area contributed by atoms with Crippen molar-refractivity contribution in [3.05, 3.63) is 53.1 Å². The number of benzene rings is 2. The number of sulfonamides is 1. The van der Waals surface area contributed by atoms with Crippen molar-refractivity contribution in [2.45, 2.75) is 58.0 Å². The number of ether oxygens (including phenoxy) is 1. The summed E-state index contributed by atoms with van der Waals surface area (Å²) in [4.78, 5) is 13.1. The van der Waals surface area contributed by atoms with Gasteiger partial charge in [-0.1, -0.05) is 18.6 Å². The summed E-state index contributed by atoms with van der Waals surface area (Å²) in [7, 11) is -3.62. The zero-order valence-corrected chi connectivity index (χ0v) is 18.9. The maximum absolute atomic E-state index is 13.1. The Labute approximate surface area is 179 Å². The van der Waals surface area contributed by atoms with Crippen LogP contribution >= 0.6 is 0 Å². The molecule has 1 aliphatic heterocycles. The average molecular weight is 431 g/mol. The third-order valence-electron chi connectivity index (χ3n) is 5.36. The van der Waals surface area contributed by atoms with Gasteiger partial charge >= 0.3 is 0 Å². The van der Waals surface area contributed by atoms with Gasteiger partial charge in [-0.3, -0.25) is 4.79 Å². The number of aryl methyl sites for hydroxylation is 1. The number of hydrogen-bond acceptors (Lipinski definition) is 4. The van der Waals surface area contributed by atoms with E-state index in [0.717, 1.165) is 30.4 Å². The van der Waals surface area contributed by atoms with Gasteiger partial charge in [-0.05, 0) is 75.9 Å². The van der Waals surface area contributed by atoms with Gasteiger partial charge in [0.1, 0.15) is 5.75 Å². The Kier molecular flexibility index (Phi) is 6.83. The van der Waals surface area contributed by atoms with Gasteiger partial charge in [0, 0.05) is 18.7 Å². The average Bonchev–Trinajstić information content (AvgIpc) is 2.71. The van der Waals surface area contributed by atoms with Gasteiger partial charge in [0.2, 0.25) is 10.0 Å². The first kappa shape index (κ1) is 22.3. The minimum atomic E-state index is -3.62. The van der Waals surface area contributed by atoms with E-state index in [4.69, 9.17) is 4.74 Å². The topological polar surface area (TPSA) is 75.7 Å². The van der Waals surface area contributed by atoms with E-state index in [1.165, 1.54) is 10.4 Å². The van der Waals surface area contributed by atoms with Crippen molar-refractivity contribution in [1.29, 1.82) is 0 Å². The zero-order valence-electron chi connectivity index (χ0n) is 18.1. The van der Waals surface area contributed by atoms with Crippen LogP contribution in [0.25, 0.3) is 0 Å². The number of piperidine rings is 1. The maximum atomic E-state index is 13.1. The van der Waals surface area contributed by atoms with Crippen LogP contribution < -0.4 is 10.1 Å². The summed E-state index contributed by atoms with van der Waals surface area (Å²) in [5.41, 5.74) is 2.81. The van der Waals surface area contributed by atoms with E-state index in [1.807, 2.05) is 39.8 Å². The highest BCUT2D eigenvalue weighted by molar-refractivity contribution is 7.89. The molecule has 1 aliphatic rings. The van der Waals surface area contributed by atoms with Crippen molar-refractivity contribution in [2.75, 3.05) is 18.4 Å². The van der Waals surface area contributed by atoms with Crippen LogP contribution in [-0.2, 0) is 10.0 Å². The Morgan fingerprint density at radius 3 is 2.43 bits per heavy atom. The van der Waals surface area contributed by atoms with Crippen molar-refractivity contribution in [3.63, 3.8) is 0 Å². The molecule has 3 rings (SSSR count). The lowest BCUT2D eigenvalue weighted by molar-refractivity contribution is 0.102. The Balaban J connectivity index is 1.97. The molecule has 0 aliphatic carbocycles. The minimum absolute atomic E-state index is 0.120. The highest BCUT2D eigenvalue weighted by Gasteiger charge is 2.27. The minimum Gasteiger partial charge on any atom is -0.489 e. The van der Waals surface area contributed by atoms with E-state index >= 15 is 0 Å². The number of anilines is 1. The third kappa shape index (κ3) is 4.84. The first-order valence-corrected chi connectivity index (χ1v) is 11.8. The lowest BCUT2D eigenvalue weighted by Crippen LogP contribution is -2.35. The Morgan fingerprint density at radius 2 is 1.77 bits per heavy atom. The molecule has 1 fully saturated rings. The maximum Gasteiger partial charge on any atom is 0.256 e. The van der Waals surface area contributed by atoms with Gasteiger partial charge in [0.15, 0.2) is 0 Å². The molecule has 0 unspecified atom stereocenters. The molecule has 0 aromatic heterocycles. The van der Waals surface area contributed by atoms with Crippen LogP contribution in [0.4, 0.5) is 5.69 Å². The molecule has 1 heterocycles. The van der Waals surface area contributed by atoms with Crippen molar-refractivity contribution in [2.24, 2.45) is 0 Å². The van der Waals surface area contributed by atoms with E-state index in [0.29, 0.717) is 30.1 Å². The van der Waals surface area contributed by atoms with Crippen LogP contribution in [0.15, 0.2) is 41.3 Å². The summed E-state index contributed by atoms with van der Waals surface area (Å²) < 4.78 is 33.5. The number of carbonyl (C=O) groups excluding carboxylic acids is 1. The molecule has 162 valence electrons. The normalized spacial score (nSPS) is 15.2. The predicted octanol–water partition coefficient (Wildman–Crippen LogP) is 4.52. The molecule has 30 heavy (non-hydrogen) atoms. The summed E-state index contributed by atoms with van der Waals surface area (Å²) in [5.74, 6) is 0.151. The van der Waals surface area contributed by atoms with Crippen LogP contribution in [0.1, 0.15) is 54.6 Å². The Bertz CT molecular complexity index is 1030. The van der Waals surface area contributed by atoms with E-state index in [2.05, 4.69) is 5.32 Å². The lowest BCUT2D eigenvalue weighted by atomic mass is 10.0. The number of carbonyl (C=O) groups is 1. The monoisotopic (exact) mass is 430 g/mol. The number of nitrogens with one attached hydrogen (secondary N) is 1. The second kappa shape index (κ2) is 9.18. The van der Waals surface area contributed by atoms with Crippen LogP contribution in [0.2, 0.25) is 0 Å². The second-order valence-corrected chi connectivity index (χ2v) is 9.93. The molecule has 1 saturated heterocycles. The fourth-order valence-corrected chi connectivity index (χ4v) is 5.11. The highest BCUT2D eigenvalue weighted by atomic mass is 32.2. The second-order valence-electron chi connectivity index (χ2n) is 7.99. The van der Waals surface area contributed by atoms with Crippen LogP contribution in [-0.4, -0.2) is 37.8 Å². The van der Waals surface area contributed by atoms with Crippen LogP contribution in [0.5, 0.6) is 5.75 Å². The first-order valence-electron chi connectivity index (χ1n) is 10.4. The lowest BCUT2D eigenvalue weighted by Gasteiger charge is -2.26. The summed E-state index contributed by atoms with van der Waals surface area (Å²) in [5, 5.41) is 2.87. The van der Waals surface area contributed by atoms with Crippen molar-refractivity contribution in [1.82, 2.24) is 4.31 Å². The number of nitrogens with zero attached hydrogens (tertiary/aromatic N) is 1. The fraction of sp³-hybridized carbons (Fsp3) is 0.435. The van der Waals surface area contributed by atoms with E-state index < -0.39 is 10.0 Å². The van der Waals surface area contributed by atoms with E-state index in [1.54, 1.807) is 18.2 Å². The molecule has 0 bridgehead atoms. The summed E-state index contributed by atoms with van der Waals surface area (Å²) in [6.07, 6.45) is 2.66. The smallest absolute Gasteiger partial charge is 0.256 e. The number of hydrogen-bond donors (Lipinski definition) is 1. The van der Waals surface area contributed by atoms with Crippen LogP contribution in [0.3, 0.4) is 0 Å².